The Morgan fingerprint density at radius 2 is 1.22 bits per heavy atom. The molecule has 2 saturated heterocycles. The van der Waals surface area contributed by atoms with Crippen molar-refractivity contribution in [1.29, 1.82) is 0 Å². The van der Waals surface area contributed by atoms with Crippen LogP contribution >= 0.6 is 24.8 Å². The van der Waals surface area contributed by atoms with Crippen molar-refractivity contribution in [3.8, 4) is 23.0 Å². The molecule has 90 heavy (non-hydrogen) atoms. The number of benzene rings is 2. The van der Waals surface area contributed by atoms with E-state index in [-0.39, 0.29) is 74.5 Å². The van der Waals surface area contributed by atoms with Crippen molar-refractivity contribution in [3.63, 3.8) is 0 Å². The van der Waals surface area contributed by atoms with Gasteiger partial charge >= 0.3 is 5.97 Å². The molecule has 490 valence electrons. The highest BCUT2D eigenvalue weighted by atomic mass is 35.5. The summed E-state index contributed by atoms with van der Waals surface area (Å²) >= 11 is 0. The second kappa shape index (κ2) is 29.3. The number of nitrogens with one attached hydrogen (secondary N) is 3. The quantitative estimate of drug-likeness (QED) is 0.0267. The van der Waals surface area contributed by atoms with Crippen LogP contribution in [-0.4, -0.2) is 157 Å². The van der Waals surface area contributed by atoms with Crippen LogP contribution in [0, 0.1) is 17.8 Å². The first-order valence-electron chi connectivity index (χ1n) is 30.3. The maximum Gasteiger partial charge on any atom is 0.307 e. The summed E-state index contributed by atoms with van der Waals surface area (Å²) < 4.78 is 79.2. The minimum Gasteiger partial charge on any atom is -0.497 e. The number of Topliss-reactive ketones (excluding diaryl/α,β-unsaturated/α-hetero) is 2. The number of aromatic nitrogens is 2. The Morgan fingerprint density at radius 3 is 1.69 bits per heavy atom. The van der Waals surface area contributed by atoms with Gasteiger partial charge in [0, 0.05) is 72.4 Å². The van der Waals surface area contributed by atoms with E-state index in [2.05, 4.69) is 45.7 Å². The van der Waals surface area contributed by atoms with Crippen molar-refractivity contribution < 1.29 is 69.3 Å². The van der Waals surface area contributed by atoms with Gasteiger partial charge in [0.05, 0.1) is 54.8 Å². The van der Waals surface area contributed by atoms with Crippen LogP contribution in [0.2, 0.25) is 0 Å². The second-order valence-corrected chi connectivity index (χ2v) is 29.7. The summed E-state index contributed by atoms with van der Waals surface area (Å²) in [5.41, 5.74) is -1.96. The monoisotopic (exact) mass is 1320 g/mol. The predicted molar refractivity (Wildman–Crippen MR) is 346 cm³/mol. The molecule has 3 amide bonds. The van der Waals surface area contributed by atoms with Gasteiger partial charge in [-0.1, -0.05) is 31.1 Å². The Hall–Kier alpha value is -6.66. The summed E-state index contributed by atoms with van der Waals surface area (Å²) in [5.74, 6) is -3.01. The van der Waals surface area contributed by atoms with Gasteiger partial charge in [0.2, 0.25) is 17.7 Å². The molecule has 0 unspecified atom stereocenters. The molecule has 0 bridgehead atoms. The van der Waals surface area contributed by atoms with Gasteiger partial charge in [0.25, 0.3) is 0 Å². The second-order valence-electron chi connectivity index (χ2n) is 25.1. The summed E-state index contributed by atoms with van der Waals surface area (Å²) in [5, 5.41) is 9.52. The van der Waals surface area contributed by atoms with Crippen molar-refractivity contribution in [2.75, 3.05) is 38.8 Å². The number of unbranched alkanes of at least 4 members (excludes halogenated alkanes) is 3. The first kappa shape index (κ1) is 70.8. The number of carbonyl (C=O) groups is 6. The largest absolute Gasteiger partial charge is 0.497 e. The van der Waals surface area contributed by atoms with E-state index in [0.717, 1.165) is 35.6 Å². The molecule has 3 N–H and O–H groups in total. The lowest BCUT2D eigenvalue weighted by atomic mass is 9.95. The van der Waals surface area contributed by atoms with Crippen LogP contribution in [0.25, 0.3) is 21.8 Å². The van der Waals surface area contributed by atoms with Gasteiger partial charge in [-0.05, 0) is 115 Å². The lowest BCUT2D eigenvalue weighted by Gasteiger charge is -2.30. The zero-order valence-electron chi connectivity index (χ0n) is 51.6. The number of ether oxygens (including phenoxy) is 5. The summed E-state index contributed by atoms with van der Waals surface area (Å²) in [6.07, 6.45) is 14.2. The van der Waals surface area contributed by atoms with Crippen molar-refractivity contribution >= 4 is 102 Å². The first-order valence-corrected chi connectivity index (χ1v) is 33.7. The number of halogens is 2. The average Bonchev–Trinajstić information content (AvgIpc) is 1.59. The van der Waals surface area contributed by atoms with Gasteiger partial charge in [-0.15, -0.1) is 44.6 Å². The van der Waals surface area contributed by atoms with Crippen molar-refractivity contribution in [2.24, 2.45) is 17.8 Å². The van der Waals surface area contributed by atoms with E-state index in [9.17, 15) is 45.6 Å². The Balaban J connectivity index is 0.000000270. The number of amides is 3. The van der Waals surface area contributed by atoms with Gasteiger partial charge < -0.3 is 44.5 Å². The molecule has 2 aromatic heterocycles. The molecule has 25 heteroatoms. The number of fused-ring (bicyclic) bond motifs is 2. The number of nitrogens with zero attached hydrogens (tertiary/aromatic N) is 3. The highest BCUT2D eigenvalue weighted by Crippen LogP contribution is 2.48. The summed E-state index contributed by atoms with van der Waals surface area (Å²) in [7, 11) is -3.94. The van der Waals surface area contributed by atoms with Gasteiger partial charge in [0.15, 0.2) is 31.2 Å². The average molecular weight is 1320 g/mol. The number of esters is 1. The minimum atomic E-state index is -3.64. The van der Waals surface area contributed by atoms with Crippen LogP contribution in [-0.2, 0) is 53.2 Å². The maximum absolute atomic E-state index is 14.5. The number of hydrogen-bond donors (Lipinski definition) is 3. The van der Waals surface area contributed by atoms with Crippen molar-refractivity contribution in [2.45, 2.75) is 162 Å². The zero-order valence-corrected chi connectivity index (χ0v) is 54.9. The number of rotatable bonds is 29. The third-order valence-corrected chi connectivity index (χ3v) is 21.6. The van der Waals surface area contributed by atoms with E-state index in [1.54, 1.807) is 83.8 Å². The first-order chi connectivity index (χ1) is 41.9. The van der Waals surface area contributed by atoms with Gasteiger partial charge in [0.1, 0.15) is 69.4 Å². The molecule has 21 nitrogen and oxygen atoms in total. The molecule has 2 aliphatic heterocycles. The fourth-order valence-corrected chi connectivity index (χ4v) is 15.3. The Bertz CT molecular complexity index is 3600. The number of carbonyl (C=O) groups excluding carboxylic acids is 6. The number of methoxy groups -OCH3 is 2. The van der Waals surface area contributed by atoms with E-state index < -0.39 is 112 Å². The fraction of sp³-hybridized carbons (Fsp3) is 0.538. The molecule has 4 aliphatic carbocycles. The van der Waals surface area contributed by atoms with Crippen LogP contribution in [0.1, 0.15) is 111 Å². The van der Waals surface area contributed by atoms with Crippen LogP contribution in [0.5, 0.6) is 23.0 Å². The SMILES string of the molecule is C=CCCCCC[C@H](CC(=O)OC(C)(C)C)C(=O)N1C[C@H](Oc2ccnc3cc(OC)ccc23)C[C@H]1C(=O)N[C@]1(C(=O)CS(=O)(=O)C2CC2)C[C@H]1C=C.C=C[C@@H]1C[C@]1(NC(=O)[C@@H]1C[C@@H](Oc2ccnc3cc(OC)ccc23)CN1)C(=O)CS(=O)(=O)C1CC1.Cl.Cl. The summed E-state index contributed by atoms with van der Waals surface area (Å²) in [4.78, 5) is 91.9. The molecular formula is C65H84Cl2N6O15S2. The Labute approximate surface area is 539 Å². The fourth-order valence-electron chi connectivity index (χ4n) is 11.9. The number of hydrogen-bond acceptors (Lipinski definition) is 18. The number of allylic oxidation sites excluding steroid dienone is 1. The maximum atomic E-state index is 14.5. The third-order valence-electron chi connectivity index (χ3n) is 17.3. The van der Waals surface area contributed by atoms with Crippen LogP contribution in [0.3, 0.4) is 0 Å². The van der Waals surface area contributed by atoms with Crippen LogP contribution < -0.4 is 34.9 Å². The molecule has 0 spiro atoms. The molecule has 4 aromatic rings. The summed E-state index contributed by atoms with van der Waals surface area (Å²) in [6.45, 7) is 17.1. The lowest BCUT2D eigenvalue weighted by Crippen LogP contribution is -2.54. The molecule has 9 atom stereocenters. The molecule has 6 aliphatic rings. The molecule has 6 fully saturated rings. The summed E-state index contributed by atoms with van der Waals surface area (Å²) in [6, 6.07) is 12.9. The lowest BCUT2D eigenvalue weighted by molar-refractivity contribution is -0.159. The van der Waals surface area contributed by atoms with Crippen molar-refractivity contribution in [3.05, 3.63) is 98.9 Å². The number of likely N-dealkylation sites (tertiary alicyclic amines) is 1. The van der Waals surface area contributed by atoms with Crippen molar-refractivity contribution in [1.82, 2.24) is 30.8 Å². The van der Waals surface area contributed by atoms with Crippen LogP contribution in [0.4, 0.5) is 0 Å². The van der Waals surface area contributed by atoms with Gasteiger partial charge in [-0.25, -0.2) is 16.8 Å². The molecule has 4 saturated carbocycles. The van der Waals surface area contributed by atoms with E-state index >= 15 is 0 Å². The highest BCUT2D eigenvalue weighted by molar-refractivity contribution is 7.93. The molecule has 10 rings (SSSR count). The Kier molecular flexibility index (Phi) is 23.1. The number of ketones is 2. The topological polar surface area (TPSA) is 282 Å². The normalized spacial score (nSPS) is 24.5. The van der Waals surface area contributed by atoms with Gasteiger partial charge in [-0.2, -0.15) is 0 Å². The van der Waals surface area contributed by atoms with Gasteiger partial charge in [-0.3, -0.25) is 38.7 Å². The van der Waals surface area contributed by atoms with E-state index in [4.69, 9.17) is 23.7 Å². The molecular weight excluding hydrogens is 1240 g/mol. The third kappa shape index (κ3) is 16.9. The number of pyridine rings is 2. The minimum absolute atomic E-state index is 0. The molecule has 0 radical (unpaired) electrons. The smallest absolute Gasteiger partial charge is 0.307 e. The van der Waals surface area contributed by atoms with E-state index in [0.29, 0.717) is 86.4 Å². The molecule has 4 heterocycles. The highest BCUT2D eigenvalue weighted by Gasteiger charge is 2.62. The number of sulfone groups is 2. The predicted octanol–water partition coefficient (Wildman–Crippen LogP) is 7.69. The van der Waals surface area contributed by atoms with Crippen LogP contribution in [0.15, 0.2) is 98.9 Å². The zero-order chi connectivity index (χ0) is 63.3. The van der Waals surface area contributed by atoms with E-state index in [1.165, 1.54) is 4.90 Å². The Morgan fingerprint density at radius 1 is 0.711 bits per heavy atom. The standard InChI is InChI=1S/C40H53N3O9S.C25H29N3O6S.2ClH/c1-7-9-10-11-12-13-26(20-36(45)52-39(3,4)5)38(47)43-24-29(51-34-18-19-41-32-21-28(50-6)14-17-31(32)34)22-33(43)37(46)42-40(23-27(40)8-2)35(44)25-53(48,49)30-15-16-30;1-3-15-12-25(15,23(29)14-35(31,32)18-5-6-18)28-24(30)21-11-17(13-27-21)34-22-8-9-26-20-10-16(33-2)4-7-19(20)22;;/h7-8,14,17-19,21,26-27,29-30,33H,1-2,9-13,15-16,20,22-25H2,3-6H3,(H,42,46);3-4,7-10,15,17-18,21,27H,1,5-6,11-14H2,2H3,(H,28,30);2*1H/t26-,27-,29-,33+,40-;15-,17-,21+,25-;;/m11../s1. The molecule has 2 aromatic carbocycles. The van der Waals surface area contributed by atoms with E-state index in [1.807, 2.05) is 30.3 Å².